The number of rotatable bonds is 2. The van der Waals surface area contributed by atoms with E-state index in [9.17, 15) is 5.11 Å². The number of phenols is 1. The van der Waals surface area contributed by atoms with Gasteiger partial charge in [-0.05, 0) is 36.4 Å². The molecule has 4 rings (SSSR count). The largest absolute Gasteiger partial charge is 0.508 e. The highest BCUT2D eigenvalue weighted by molar-refractivity contribution is 7.20. The lowest BCUT2D eigenvalue weighted by Crippen LogP contribution is -1.95. The predicted octanol–water partition coefficient (Wildman–Crippen LogP) is 3.56. The molecule has 0 aliphatic carbocycles. The Labute approximate surface area is 134 Å². The van der Waals surface area contributed by atoms with Gasteiger partial charge in [0.15, 0.2) is 5.01 Å². The van der Waals surface area contributed by atoms with E-state index in [0.29, 0.717) is 10.8 Å². The molecule has 0 saturated carbocycles. The number of phenolic OH excluding ortho intramolecular Hbond substituents is 1. The molecule has 0 unspecified atom stereocenters. The fourth-order valence-electron chi connectivity index (χ4n) is 2.36. The van der Waals surface area contributed by atoms with Crippen LogP contribution in [-0.4, -0.2) is 20.1 Å². The normalized spacial score (nSPS) is 10.7. The van der Waals surface area contributed by atoms with E-state index in [2.05, 4.69) is 26.3 Å². The molecule has 0 bridgehead atoms. The molecule has 0 fully saturated rings. The van der Waals surface area contributed by atoms with Crippen molar-refractivity contribution in [3.05, 3.63) is 47.7 Å². The summed E-state index contributed by atoms with van der Waals surface area (Å²) in [5, 5.41) is 22.9. The van der Waals surface area contributed by atoms with Crippen molar-refractivity contribution in [3.8, 4) is 11.8 Å². The molecule has 2 heterocycles. The van der Waals surface area contributed by atoms with Crippen molar-refractivity contribution in [1.29, 1.82) is 5.26 Å². The zero-order chi connectivity index (χ0) is 15.8. The minimum absolute atomic E-state index is 0.201. The zero-order valence-electron chi connectivity index (χ0n) is 11.7. The average Bonchev–Trinajstić information content (AvgIpc) is 3.00. The molecular weight excluding hydrogens is 310 g/mol. The summed E-state index contributed by atoms with van der Waals surface area (Å²) in [6, 6.07) is 12.5. The topological polar surface area (TPSA) is 94.7 Å². The summed E-state index contributed by atoms with van der Waals surface area (Å²) in [5.74, 6) is 0.839. The molecule has 0 aliphatic heterocycles. The van der Waals surface area contributed by atoms with Crippen LogP contribution in [0.3, 0.4) is 0 Å². The van der Waals surface area contributed by atoms with E-state index in [1.54, 1.807) is 24.3 Å². The first kappa shape index (κ1) is 13.4. The standard InChI is InChI=1S/C16H9N5OS/c17-7-13-21-12-6-5-11-14(15(12)23-13)16(19-8-18-11)20-9-1-3-10(22)4-2-9/h1-6,8,22H,(H,18,19,20). The van der Waals surface area contributed by atoms with Crippen LogP contribution in [0.1, 0.15) is 5.01 Å². The molecule has 110 valence electrons. The van der Waals surface area contributed by atoms with Gasteiger partial charge in [0.2, 0.25) is 0 Å². The monoisotopic (exact) mass is 319 g/mol. The van der Waals surface area contributed by atoms with Crippen LogP contribution in [0.2, 0.25) is 0 Å². The third kappa shape index (κ3) is 2.31. The number of benzene rings is 2. The second-order valence-corrected chi connectivity index (χ2v) is 5.83. The highest BCUT2D eigenvalue weighted by atomic mass is 32.1. The van der Waals surface area contributed by atoms with Crippen LogP contribution in [0.4, 0.5) is 11.5 Å². The van der Waals surface area contributed by atoms with Crippen LogP contribution in [0.25, 0.3) is 21.1 Å². The van der Waals surface area contributed by atoms with Gasteiger partial charge in [-0.2, -0.15) is 5.26 Å². The van der Waals surface area contributed by atoms with Gasteiger partial charge in [0.1, 0.15) is 24.0 Å². The number of fused-ring (bicyclic) bond motifs is 3. The fourth-order valence-corrected chi connectivity index (χ4v) is 3.26. The number of aromatic nitrogens is 3. The number of aromatic hydroxyl groups is 1. The highest BCUT2D eigenvalue weighted by Gasteiger charge is 2.12. The maximum Gasteiger partial charge on any atom is 0.195 e. The van der Waals surface area contributed by atoms with Gasteiger partial charge in [0.05, 0.1) is 21.1 Å². The lowest BCUT2D eigenvalue weighted by atomic mass is 10.2. The summed E-state index contributed by atoms with van der Waals surface area (Å²) < 4.78 is 0.876. The van der Waals surface area contributed by atoms with Crippen molar-refractivity contribution in [2.24, 2.45) is 0 Å². The van der Waals surface area contributed by atoms with E-state index in [0.717, 1.165) is 26.8 Å². The minimum Gasteiger partial charge on any atom is -0.508 e. The fraction of sp³-hybridized carbons (Fsp3) is 0. The molecular formula is C16H9N5OS. The number of nitriles is 1. The third-order valence-corrected chi connectivity index (χ3v) is 4.38. The Hall–Kier alpha value is -3.24. The van der Waals surface area contributed by atoms with Gasteiger partial charge >= 0.3 is 0 Å². The Morgan fingerprint density at radius 3 is 2.61 bits per heavy atom. The van der Waals surface area contributed by atoms with E-state index in [1.807, 2.05) is 12.1 Å². The van der Waals surface area contributed by atoms with Gasteiger partial charge in [-0.25, -0.2) is 15.0 Å². The second kappa shape index (κ2) is 5.19. The van der Waals surface area contributed by atoms with Crippen LogP contribution < -0.4 is 5.32 Å². The molecule has 6 nitrogen and oxygen atoms in total. The average molecular weight is 319 g/mol. The Morgan fingerprint density at radius 1 is 1.04 bits per heavy atom. The van der Waals surface area contributed by atoms with Crippen LogP contribution >= 0.6 is 11.3 Å². The van der Waals surface area contributed by atoms with Crippen LogP contribution in [0.5, 0.6) is 5.75 Å². The summed E-state index contributed by atoms with van der Waals surface area (Å²) in [7, 11) is 0. The first-order valence-corrected chi connectivity index (χ1v) is 7.56. The summed E-state index contributed by atoms with van der Waals surface area (Å²) >= 11 is 1.32. The van der Waals surface area contributed by atoms with Gasteiger partial charge in [-0.1, -0.05) is 0 Å². The van der Waals surface area contributed by atoms with E-state index in [-0.39, 0.29) is 5.75 Å². The SMILES string of the molecule is N#Cc1nc2ccc3ncnc(Nc4ccc(O)cc4)c3c2s1. The first-order valence-electron chi connectivity index (χ1n) is 6.75. The Kier molecular flexibility index (Phi) is 3.03. The molecule has 0 amide bonds. The molecule has 7 heteroatoms. The number of nitrogens with zero attached hydrogens (tertiary/aromatic N) is 4. The molecule has 0 aliphatic rings. The van der Waals surface area contributed by atoms with Crippen molar-refractivity contribution >= 4 is 44.0 Å². The Morgan fingerprint density at radius 2 is 1.83 bits per heavy atom. The summed E-state index contributed by atoms with van der Waals surface area (Å²) in [6.07, 6.45) is 1.49. The molecule has 23 heavy (non-hydrogen) atoms. The van der Waals surface area contributed by atoms with Gasteiger partial charge < -0.3 is 10.4 Å². The molecule has 0 spiro atoms. The molecule has 2 aromatic heterocycles. The van der Waals surface area contributed by atoms with E-state index >= 15 is 0 Å². The van der Waals surface area contributed by atoms with Crippen molar-refractivity contribution in [3.63, 3.8) is 0 Å². The van der Waals surface area contributed by atoms with Crippen molar-refractivity contribution < 1.29 is 5.11 Å². The quantitative estimate of drug-likeness (QED) is 0.549. The lowest BCUT2D eigenvalue weighted by Gasteiger charge is -2.08. The molecule has 4 aromatic rings. The molecule has 0 atom stereocenters. The maximum absolute atomic E-state index is 9.38. The Balaban J connectivity index is 1.93. The molecule has 2 N–H and O–H groups in total. The van der Waals surface area contributed by atoms with E-state index in [4.69, 9.17) is 5.26 Å². The van der Waals surface area contributed by atoms with Crippen LogP contribution in [0, 0.1) is 11.3 Å². The van der Waals surface area contributed by atoms with Gasteiger partial charge in [-0.3, -0.25) is 0 Å². The zero-order valence-corrected chi connectivity index (χ0v) is 12.5. The Bertz CT molecular complexity index is 1070. The van der Waals surface area contributed by atoms with Gasteiger partial charge in [-0.15, -0.1) is 11.3 Å². The van der Waals surface area contributed by atoms with E-state index in [1.165, 1.54) is 17.7 Å². The van der Waals surface area contributed by atoms with Crippen molar-refractivity contribution in [1.82, 2.24) is 15.0 Å². The lowest BCUT2D eigenvalue weighted by molar-refractivity contribution is 0.475. The van der Waals surface area contributed by atoms with E-state index < -0.39 is 0 Å². The molecule has 0 saturated heterocycles. The minimum atomic E-state index is 0.201. The number of thiazole rings is 1. The van der Waals surface area contributed by atoms with Crippen LogP contribution in [-0.2, 0) is 0 Å². The van der Waals surface area contributed by atoms with Gasteiger partial charge in [0.25, 0.3) is 0 Å². The predicted molar refractivity (Wildman–Crippen MR) is 88.8 cm³/mol. The number of hydrogen-bond donors (Lipinski definition) is 2. The van der Waals surface area contributed by atoms with Crippen molar-refractivity contribution in [2.75, 3.05) is 5.32 Å². The smallest absolute Gasteiger partial charge is 0.195 e. The number of hydrogen-bond acceptors (Lipinski definition) is 7. The van der Waals surface area contributed by atoms with Gasteiger partial charge in [0, 0.05) is 5.69 Å². The molecule has 0 radical (unpaired) electrons. The van der Waals surface area contributed by atoms with Crippen molar-refractivity contribution in [2.45, 2.75) is 0 Å². The number of anilines is 2. The highest BCUT2D eigenvalue weighted by Crippen LogP contribution is 2.34. The maximum atomic E-state index is 9.38. The molecule has 2 aromatic carbocycles. The summed E-state index contributed by atoms with van der Waals surface area (Å²) in [6.45, 7) is 0. The third-order valence-electron chi connectivity index (χ3n) is 3.38. The second-order valence-electron chi connectivity index (χ2n) is 4.83. The van der Waals surface area contributed by atoms with Crippen LogP contribution in [0.15, 0.2) is 42.7 Å². The summed E-state index contributed by atoms with van der Waals surface area (Å²) in [4.78, 5) is 12.9. The summed E-state index contributed by atoms with van der Waals surface area (Å²) in [5.41, 5.74) is 2.33. The first-order chi connectivity index (χ1) is 11.2. The number of nitrogens with one attached hydrogen (secondary N) is 1.